The van der Waals surface area contributed by atoms with Crippen molar-refractivity contribution in [1.29, 1.82) is 0 Å². The van der Waals surface area contributed by atoms with Gasteiger partial charge in [0.2, 0.25) is 5.88 Å². The van der Waals surface area contributed by atoms with Crippen LogP contribution in [0.25, 0.3) is 22.6 Å². The lowest BCUT2D eigenvalue weighted by molar-refractivity contribution is -0.0434. The fourth-order valence-electron chi connectivity index (χ4n) is 6.40. The van der Waals surface area contributed by atoms with Gasteiger partial charge in [0.05, 0.1) is 11.6 Å². The average Bonchev–Trinajstić information content (AvgIpc) is 3.64. The lowest BCUT2D eigenvalue weighted by atomic mass is 9.91. The van der Waals surface area contributed by atoms with E-state index in [1.165, 1.54) is 6.33 Å². The molecule has 1 amide bonds. The summed E-state index contributed by atoms with van der Waals surface area (Å²) in [5, 5.41) is 0.539. The van der Waals surface area contributed by atoms with Crippen LogP contribution in [0, 0.1) is 0 Å². The van der Waals surface area contributed by atoms with Crippen molar-refractivity contribution < 1.29 is 19.0 Å². The molecular weight excluding hydrogens is 604 g/mol. The van der Waals surface area contributed by atoms with Crippen LogP contribution in [0.4, 0.5) is 4.79 Å². The molecule has 2 aromatic carbocycles. The lowest BCUT2D eigenvalue weighted by Gasteiger charge is -2.51. The van der Waals surface area contributed by atoms with Crippen molar-refractivity contribution in [2.45, 2.75) is 83.2 Å². The Balaban J connectivity index is 1.06. The molecule has 0 spiro atoms. The molecule has 242 valence electrons. The molecule has 11 heteroatoms. The highest BCUT2D eigenvalue weighted by molar-refractivity contribution is 6.33. The van der Waals surface area contributed by atoms with E-state index in [4.69, 9.17) is 30.8 Å². The molecule has 2 aromatic heterocycles. The van der Waals surface area contributed by atoms with Gasteiger partial charge in [-0.25, -0.2) is 14.8 Å². The van der Waals surface area contributed by atoms with Crippen LogP contribution in [0.2, 0.25) is 5.02 Å². The third kappa shape index (κ3) is 6.51. The molecule has 2 bridgehead atoms. The zero-order valence-electron chi connectivity index (χ0n) is 26.9. The largest absolute Gasteiger partial charge is 0.492 e. The number of halogens is 1. The van der Waals surface area contributed by atoms with E-state index >= 15 is 0 Å². The second-order valence-electron chi connectivity index (χ2n) is 13.9. The van der Waals surface area contributed by atoms with Crippen LogP contribution in [0.1, 0.15) is 58.9 Å². The third-order valence-electron chi connectivity index (χ3n) is 9.08. The van der Waals surface area contributed by atoms with Gasteiger partial charge in [-0.2, -0.15) is 4.98 Å². The van der Waals surface area contributed by atoms with Crippen LogP contribution in [0.5, 0.6) is 11.6 Å². The van der Waals surface area contributed by atoms with Crippen molar-refractivity contribution in [3.63, 3.8) is 0 Å². The number of piperidine rings is 2. The van der Waals surface area contributed by atoms with Gasteiger partial charge in [0.25, 0.3) is 0 Å². The molecule has 10 nitrogen and oxygen atoms in total. The molecule has 46 heavy (non-hydrogen) atoms. The van der Waals surface area contributed by atoms with E-state index in [1.54, 1.807) is 0 Å². The Labute approximate surface area is 274 Å². The van der Waals surface area contributed by atoms with Gasteiger partial charge in [0.15, 0.2) is 11.2 Å². The highest BCUT2D eigenvalue weighted by atomic mass is 35.5. The maximum atomic E-state index is 12.7. The SMILES string of the molecule is CC(C)(C)OC(=O)N1C[C@@H]2CC[C@H]1CN2CCOc1ccc(-c2nc3c(OC4(C)CC4)ncnc3n2Cc2ccccc2)c(Cl)c1. The molecule has 1 aliphatic carbocycles. The zero-order chi connectivity index (χ0) is 32.1. The molecule has 1 saturated carbocycles. The Morgan fingerprint density at radius 3 is 2.52 bits per heavy atom. The van der Waals surface area contributed by atoms with Crippen LogP contribution in [-0.4, -0.2) is 84.9 Å². The van der Waals surface area contributed by atoms with E-state index in [1.807, 2.05) is 62.1 Å². The summed E-state index contributed by atoms with van der Waals surface area (Å²) in [6, 6.07) is 16.5. The summed E-state index contributed by atoms with van der Waals surface area (Å²) in [6.45, 7) is 11.2. The monoisotopic (exact) mass is 644 g/mol. The van der Waals surface area contributed by atoms with Gasteiger partial charge in [0.1, 0.15) is 35.7 Å². The molecule has 0 unspecified atom stereocenters. The van der Waals surface area contributed by atoms with E-state index in [2.05, 4.69) is 38.5 Å². The van der Waals surface area contributed by atoms with Crippen molar-refractivity contribution >= 4 is 28.9 Å². The third-order valence-corrected chi connectivity index (χ3v) is 9.39. The van der Waals surface area contributed by atoms with E-state index in [0.717, 1.165) is 49.9 Å². The van der Waals surface area contributed by atoms with Gasteiger partial charge in [-0.05, 0) is 77.1 Å². The average molecular weight is 645 g/mol. The Kier molecular flexibility index (Phi) is 8.05. The van der Waals surface area contributed by atoms with Crippen molar-refractivity contribution in [3.8, 4) is 23.0 Å². The van der Waals surface area contributed by atoms with Gasteiger partial charge >= 0.3 is 6.09 Å². The predicted molar refractivity (Wildman–Crippen MR) is 176 cm³/mol. The lowest BCUT2D eigenvalue weighted by Crippen LogP contribution is -2.64. The summed E-state index contributed by atoms with van der Waals surface area (Å²) in [4.78, 5) is 31.2. The normalized spacial score (nSPS) is 20.6. The van der Waals surface area contributed by atoms with Crippen LogP contribution >= 0.6 is 11.6 Å². The minimum Gasteiger partial charge on any atom is -0.492 e. The summed E-state index contributed by atoms with van der Waals surface area (Å²) < 4.78 is 20.2. The molecular formula is C35H41ClN6O4. The van der Waals surface area contributed by atoms with E-state index in [0.29, 0.717) is 59.4 Å². The van der Waals surface area contributed by atoms with Crippen molar-refractivity contribution in [2.75, 3.05) is 26.2 Å². The molecule has 5 heterocycles. The quantitative estimate of drug-likeness (QED) is 0.201. The maximum absolute atomic E-state index is 12.7. The summed E-state index contributed by atoms with van der Waals surface area (Å²) in [5.74, 6) is 1.89. The van der Waals surface area contributed by atoms with Gasteiger partial charge in [-0.3, -0.25) is 4.90 Å². The molecule has 4 aliphatic rings. The first-order valence-corrected chi connectivity index (χ1v) is 16.5. The number of imidazole rings is 1. The molecule has 0 radical (unpaired) electrons. The maximum Gasteiger partial charge on any atom is 0.410 e. The molecule has 4 aromatic rings. The van der Waals surface area contributed by atoms with Crippen LogP contribution < -0.4 is 9.47 Å². The van der Waals surface area contributed by atoms with Crippen LogP contribution in [-0.2, 0) is 11.3 Å². The number of carbonyl (C=O) groups is 1. The number of piperazine rings is 1. The van der Waals surface area contributed by atoms with Gasteiger partial charge in [0, 0.05) is 37.3 Å². The number of hydrogen-bond donors (Lipinski definition) is 0. The van der Waals surface area contributed by atoms with E-state index in [9.17, 15) is 4.79 Å². The minimum absolute atomic E-state index is 0.173. The first-order chi connectivity index (χ1) is 22.1. The molecule has 3 aliphatic heterocycles. The fourth-order valence-corrected chi connectivity index (χ4v) is 6.66. The summed E-state index contributed by atoms with van der Waals surface area (Å²) in [6.07, 6.45) is 5.40. The smallest absolute Gasteiger partial charge is 0.410 e. The highest BCUT2D eigenvalue weighted by Crippen LogP contribution is 2.41. The number of ether oxygens (including phenoxy) is 3. The summed E-state index contributed by atoms with van der Waals surface area (Å²) in [5.41, 5.74) is 2.53. The molecule has 8 rings (SSSR count). The first-order valence-electron chi connectivity index (χ1n) is 16.2. The Hall–Kier alpha value is -3.89. The predicted octanol–water partition coefficient (Wildman–Crippen LogP) is 6.59. The number of fused-ring (bicyclic) bond motifs is 4. The second kappa shape index (κ2) is 12.0. The Morgan fingerprint density at radius 1 is 1.04 bits per heavy atom. The standard InChI is InChI=1S/C35H41ClN6O4/c1-34(2,3)46-33(43)41-21-24-10-11-25(41)20-40(24)16-17-44-26-12-13-27(28(36)18-26)30-39-29-31(42(30)19-23-8-6-5-7-9-23)37-22-38-32(29)45-35(4)14-15-35/h5-9,12-13,18,22,24-25H,10-11,14-17,19-21H2,1-4H3/t24-,25-/m0/s1. The molecule has 0 N–H and O–H groups in total. The number of benzene rings is 2. The second-order valence-corrected chi connectivity index (χ2v) is 14.3. The molecule has 3 saturated heterocycles. The van der Waals surface area contributed by atoms with E-state index in [-0.39, 0.29) is 17.7 Å². The molecule has 2 atom stereocenters. The first kappa shape index (κ1) is 30.7. The number of amides is 1. The summed E-state index contributed by atoms with van der Waals surface area (Å²) >= 11 is 6.93. The number of hydrogen-bond acceptors (Lipinski definition) is 8. The zero-order valence-corrected chi connectivity index (χ0v) is 27.7. The van der Waals surface area contributed by atoms with Gasteiger partial charge < -0.3 is 23.7 Å². The molecule has 4 fully saturated rings. The Bertz CT molecular complexity index is 1730. The van der Waals surface area contributed by atoms with Gasteiger partial charge in [-0.1, -0.05) is 41.9 Å². The van der Waals surface area contributed by atoms with Crippen LogP contribution in [0.15, 0.2) is 54.9 Å². The van der Waals surface area contributed by atoms with E-state index < -0.39 is 5.60 Å². The van der Waals surface area contributed by atoms with Crippen molar-refractivity contribution in [2.24, 2.45) is 0 Å². The number of rotatable bonds is 9. The number of aromatic nitrogens is 4. The fraction of sp³-hybridized carbons (Fsp3) is 0.486. The topological polar surface area (TPSA) is 94.8 Å². The van der Waals surface area contributed by atoms with Crippen molar-refractivity contribution in [1.82, 2.24) is 29.3 Å². The van der Waals surface area contributed by atoms with Crippen LogP contribution in [0.3, 0.4) is 0 Å². The Morgan fingerprint density at radius 2 is 1.83 bits per heavy atom. The number of carbonyl (C=O) groups excluding carboxylic acids is 1. The van der Waals surface area contributed by atoms with Gasteiger partial charge in [-0.15, -0.1) is 0 Å². The van der Waals surface area contributed by atoms with Crippen molar-refractivity contribution in [3.05, 3.63) is 65.4 Å². The minimum atomic E-state index is -0.493. The summed E-state index contributed by atoms with van der Waals surface area (Å²) in [7, 11) is 0. The number of nitrogens with zero attached hydrogens (tertiary/aromatic N) is 6. The highest BCUT2D eigenvalue weighted by Gasteiger charge is 2.43.